The number of carbonyl (C=O) groups excluding carboxylic acids is 1. The Morgan fingerprint density at radius 3 is 2.72 bits per heavy atom. The molecule has 0 aromatic carbocycles. The van der Waals surface area contributed by atoms with Crippen LogP contribution in [0, 0.1) is 5.82 Å². The molecule has 1 aromatic heterocycles. The van der Waals surface area contributed by atoms with Crippen LogP contribution in [0.2, 0.25) is 0 Å². The zero-order valence-corrected chi connectivity index (χ0v) is 10.6. The van der Waals surface area contributed by atoms with Gasteiger partial charge in [-0.1, -0.05) is 19.3 Å². The van der Waals surface area contributed by atoms with Gasteiger partial charge >= 0.3 is 0 Å². The van der Waals surface area contributed by atoms with Crippen molar-refractivity contribution in [2.75, 3.05) is 6.61 Å². The van der Waals surface area contributed by atoms with Crippen molar-refractivity contribution in [3.05, 3.63) is 29.8 Å². The minimum Gasteiger partial charge on any atom is -0.367 e. The molecule has 1 heterocycles. The maximum absolute atomic E-state index is 13.1. The van der Waals surface area contributed by atoms with E-state index >= 15 is 0 Å². The van der Waals surface area contributed by atoms with Crippen molar-refractivity contribution in [2.45, 2.75) is 44.6 Å². The van der Waals surface area contributed by atoms with Gasteiger partial charge < -0.3 is 4.74 Å². The second-order valence-electron chi connectivity index (χ2n) is 4.71. The van der Waals surface area contributed by atoms with E-state index in [0.717, 1.165) is 38.3 Å². The van der Waals surface area contributed by atoms with Gasteiger partial charge in [0.15, 0.2) is 5.78 Å². The van der Waals surface area contributed by atoms with Crippen LogP contribution in [0.4, 0.5) is 4.39 Å². The number of aromatic nitrogens is 1. The molecule has 1 fully saturated rings. The van der Waals surface area contributed by atoms with Gasteiger partial charge in [-0.05, 0) is 25.8 Å². The first-order chi connectivity index (χ1) is 8.68. The molecule has 0 amide bonds. The lowest BCUT2D eigenvalue weighted by Gasteiger charge is -2.35. The van der Waals surface area contributed by atoms with Gasteiger partial charge in [-0.15, -0.1) is 0 Å². The molecule has 0 spiro atoms. The Hall–Kier alpha value is -1.29. The monoisotopic (exact) mass is 251 g/mol. The molecular weight excluding hydrogens is 233 g/mol. The molecule has 0 saturated heterocycles. The molecule has 0 unspecified atom stereocenters. The van der Waals surface area contributed by atoms with Crippen molar-refractivity contribution in [3.63, 3.8) is 0 Å². The van der Waals surface area contributed by atoms with Gasteiger partial charge in [0.05, 0.1) is 6.20 Å². The number of ether oxygens (including phenoxy) is 1. The number of nitrogens with zero attached hydrogens (tertiary/aromatic N) is 1. The molecular formula is C14H18FNO2. The molecule has 0 atom stereocenters. The summed E-state index contributed by atoms with van der Waals surface area (Å²) < 4.78 is 18.9. The van der Waals surface area contributed by atoms with Gasteiger partial charge in [0, 0.05) is 18.4 Å². The fourth-order valence-corrected chi connectivity index (χ4v) is 2.64. The molecule has 18 heavy (non-hydrogen) atoms. The SMILES string of the molecule is CCOC1(C(=O)c2cncc(F)c2)CCCCC1. The maximum Gasteiger partial charge on any atom is 0.196 e. The van der Waals surface area contributed by atoms with E-state index in [1.807, 2.05) is 6.92 Å². The van der Waals surface area contributed by atoms with Gasteiger partial charge in [-0.3, -0.25) is 9.78 Å². The van der Waals surface area contributed by atoms with Gasteiger partial charge in [-0.2, -0.15) is 0 Å². The van der Waals surface area contributed by atoms with Gasteiger partial charge in [0.1, 0.15) is 11.4 Å². The summed E-state index contributed by atoms with van der Waals surface area (Å²) in [7, 11) is 0. The highest BCUT2D eigenvalue weighted by molar-refractivity contribution is 6.02. The zero-order chi connectivity index (χ0) is 13.0. The molecule has 1 aliphatic rings. The maximum atomic E-state index is 13.1. The Labute approximate surface area is 106 Å². The highest BCUT2D eigenvalue weighted by atomic mass is 19.1. The van der Waals surface area contributed by atoms with Crippen LogP contribution in [0.25, 0.3) is 0 Å². The van der Waals surface area contributed by atoms with E-state index in [4.69, 9.17) is 4.74 Å². The summed E-state index contributed by atoms with van der Waals surface area (Å²) in [6, 6.07) is 1.24. The summed E-state index contributed by atoms with van der Waals surface area (Å²) in [5, 5.41) is 0. The van der Waals surface area contributed by atoms with Crippen molar-refractivity contribution in [1.29, 1.82) is 0 Å². The lowest BCUT2D eigenvalue weighted by Crippen LogP contribution is -2.43. The molecule has 4 heteroatoms. The number of rotatable bonds is 4. The minimum atomic E-state index is -0.761. The van der Waals surface area contributed by atoms with E-state index in [1.54, 1.807) is 0 Å². The Morgan fingerprint density at radius 2 is 2.11 bits per heavy atom. The standard InChI is InChI=1S/C14H18FNO2/c1-2-18-14(6-4-3-5-7-14)13(17)11-8-12(15)10-16-9-11/h8-10H,2-7H2,1H3. The first-order valence-electron chi connectivity index (χ1n) is 6.47. The average Bonchev–Trinajstić information content (AvgIpc) is 2.39. The first-order valence-corrected chi connectivity index (χ1v) is 6.47. The fraction of sp³-hybridized carbons (Fsp3) is 0.571. The van der Waals surface area contributed by atoms with Crippen LogP contribution < -0.4 is 0 Å². The summed E-state index contributed by atoms with van der Waals surface area (Å²) in [5.41, 5.74) is -0.451. The minimum absolute atomic E-state index is 0.129. The van der Waals surface area contributed by atoms with Crippen molar-refractivity contribution in [2.24, 2.45) is 0 Å². The predicted molar refractivity (Wildman–Crippen MR) is 66.0 cm³/mol. The predicted octanol–water partition coefficient (Wildman–Crippen LogP) is 3.14. The fourth-order valence-electron chi connectivity index (χ4n) is 2.64. The van der Waals surface area contributed by atoms with E-state index in [9.17, 15) is 9.18 Å². The second kappa shape index (κ2) is 5.57. The molecule has 0 N–H and O–H groups in total. The van der Waals surface area contributed by atoms with Crippen LogP contribution in [0.5, 0.6) is 0 Å². The number of hydrogen-bond donors (Lipinski definition) is 0. The van der Waals surface area contributed by atoms with Gasteiger partial charge in [0.2, 0.25) is 0 Å². The molecule has 0 radical (unpaired) electrons. The van der Waals surface area contributed by atoms with Crippen LogP contribution in [0.15, 0.2) is 18.5 Å². The molecule has 1 saturated carbocycles. The van der Waals surface area contributed by atoms with Crippen molar-refractivity contribution >= 4 is 5.78 Å². The van der Waals surface area contributed by atoms with E-state index in [2.05, 4.69) is 4.98 Å². The lowest BCUT2D eigenvalue weighted by atomic mass is 9.79. The number of carbonyl (C=O) groups is 1. The Kier molecular flexibility index (Phi) is 4.07. The Balaban J connectivity index is 2.28. The van der Waals surface area contributed by atoms with Crippen LogP contribution in [-0.4, -0.2) is 23.0 Å². The van der Waals surface area contributed by atoms with Crippen molar-refractivity contribution in [3.8, 4) is 0 Å². The summed E-state index contributed by atoms with van der Waals surface area (Å²) in [4.78, 5) is 16.3. The van der Waals surface area contributed by atoms with Crippen LogP contribution in [0.3, 0.4) is 0 Å². The third kappa shape index (κ3) is 2.58. The molecule has 2 rings (SSSR count). The van der Waals surface area contributed by atoms with Crippen LogP contribution in [0.1, 0.15) is 49.4 Å². The summed E-state index contributed by atoms with van der Waals surface area (Å²) in [6.07, 6.45) is 7.05. The van der Waals surface area contributed by atoms with Crippen LogP contribution in [-0.2, 0) is 4.74 Å². The topological polar surface area (TPSA) is 39.2 Å². The number of ketones is 1. The van der Waals surface area contributed by atoms with E-state index in [0.29, 0.717) is 12.2 Å². The average molecular weight is 251 g/mol. The smallest absolute Gasteiger partial charge is 0.196 e. The molecule has 1 aliphatic carbocycles. The Morgan fingerprint density at radius 1 is 1.39 bits per heavy atom. The molecule has 0 aliphatic heterocycles. The quantitative estimate of drug-likeness (QED) is 0.772. The largest absolute Gasteiger partial charge is 0.367 e. The second-order valence-corrected chi connectivity index (χ2v) is 4.71. The molecule has 98 valence electrons. The third-order valence-corrected chi connectivity index (χ3v) is 3.46. The number of hydrogen-bond acceptors (Lipinski definition) is 3. The summed E-state index contributed by atoms with van der Waals surface area (Å²) >= 11 is 0. The first kappa shape index (κ1) is 13.1. The summed E-state index contributed by atoms with van der Waals surface area (Å²) in [5.74, 6) is -0.612. The molecule has 3 nitrogen and oxygen atoms in total. The third-order valence-electron chi connectivity index (χ3n) is 3.46. The van der Waals surface area contributed by atoms with Gasteiger partial charge in [0.25, 0.3) is 0 Å². The van der Waals surface area contributed by atoms with Crippen molar-refractivity contribution in [1.82, 2.24) is 4.98 Å². The highest BCUT2D eigenvalue weighted by Crippen LogP contribution is 2.34. The van der Waals surface area contributed by atoms with E-state index < -0.39 is 11.4 Å². The Bertz CT molecular complexity index is 422. The number of pyridine rings is 1. The summed E-state index contributed by atoms with van der Waals surface area (Å²) in [6.45, 7) is 2.38. The molecule has 0 bridgehead atoms. The highest BCUT2D eigenvalue weighted by Gasteiger charge is 2.40. The number of halogens is 1. The normalized spacial score (nSPS) is 18.6. The number of Topliss-reactive ketones (excluding diaryl/α,β-unsaturated/α-hetero) is 1. The van der Waals surface area contributed by atoms with Gasteiger partial charge in [-0.25, -0.2) is 4.39 Å². The van der Waals surface area contributed by atoms with E-state index in [1.165, 1.54) is 12.3 Å². The van der Waals surface area contributed by atoms with E-state index in [-0.39, 0.29) is 5.78 Å². The molecule has 1 aromatic rings. The zero-order valence-electron chi connectivity index (χ0n) is 10.6. The van der Waals surface area contributed by atoms with Crippen LogP contribution >= 0.6 is 0 Å². The van der Waals surface area contributed by atoms with Crippen molar-refractivity contribution < 1.29 is 13.9 Å². The lowest BCUT2D eigenvalue weighted by molar-refractivity contribution is -0.0411.